The minimum absolute atomic E-state index is 0.404. The van der Waals surface area contributed by atoms with Gasteiger partial charge in [0.2, 0.25) is 0 Å². The van der Waals surface area contributed by atoms with Crippen molar-refractivity contribution in [3.63, 3.8) is 0 Å². The quantitative estimate of drug-likeness (QED) is 0.900. The molecular weight excluding hydrogens is 248 g/mol. The Morgan fingerprint density at radius 3 is 2.45 bits per heavy atom. The SMILES string of the molecule is CCC(C)n1ccc(CC(O)c2c(C)cccc2C)n1. The molecule has 0 amide bonds. The number of aromatic nitrogens is 2. The van der Waals surface area contributed by atoms with E-state index in [1.54, 1.807) is 0 Å². The van der Waals surface area contributed by atoms with Crippen LogP contribution >= 0.6 is 0 Å². The van der Waals surface area contributed by atoms with Gasteiger partial charge >= 0.3 is 0 Å². The highest BCUT2D eigenvalue weighted by atomic mass is 16.3. The molecule has 0 spiro atoms. The van der Waals surface area contributed by atoms with Crippen LogP contribution in [0.2, 0.25) is 0 Å². The van der Waals surface area contributed by atoms with Crippen LogP contribution in [0.4, 0.5) is 0 Å². The minimum atomic E-state index is -0.489. The van der Waals surface area contributed by atoms with Crippen LogP contribution in [-0.4, -0.2) is 14.9 Å². The fourth-order valence-electron chi connectivity index (χ4n) is 2.57. The van der Waals surface area contributed by atoms with E-state index < -0.39 is 6.10 Å². The van der Waals surface area contributed by atoms with Crippen LogP contribution in [0.1, 0.15) is 54.8 Å². The van der Waals surface area contributed by atoms with Crippen molar-refractivity contribution in [1.29, 1.82) is 0 Å². The smallest absolute Gasteiger partial charge is 0.0851 e. The number of benzene rings is 1. The van der Waals surface area contributed by atoms with E-state index in [1.165, 1.54) is 0 Å². The average Bonchev–Trinajstić information content (AvgIpc) is 2.86. The zero-order valence-electron chi connectivity index (χ0n) is 12.8. The first-order valence-corrected chi connectivity index (χ1v) is 7.31. The van der Waals surface area contributed by atoms with E-state index in [9.17, 15) is 5.11 Å². The maximum absolute atomic E-state index is 10.5. The van der Waals surface area contributed by atoms with Crippen LogP contribution < -0.4 is 0 Å². The highest BCUT2D eigenvalue weighted by Crippen LogP contribution is 2.24. The minimum Gasteiger partial charge on any atom is -0.388 e. The topological polar surface area (TPSA) is 38.0 Å². The molecule has 2 atom stereocenters. The third kappa shape index (κ3) is 3.10. The molecule has 1 aromatic heterocycles. The lowest BCUT2D eigenvalue weighted by molar-refractivity contribution is 0.175. The van der Waals surface area contributed by atoms with Gasteiger partial charge in [0.05, 0.1) is 11.8 Å². The molecule has 108 valence electrons. The first-order chi connectivity index (χ1) is 9.52. The van der Waals surface area contributed by atoms with Gasteiger partial charge in [0, 0.05) is 18.7 Å². The molecule has 0 aliphatic heterocycles. The van der Waals surface area contributed by atoms with E-state index in [1.807, 2.05) is 49.0 Å². The molecule has 0 fully saturated rings. The number of aliphatic hydroxyl groups is 1. The Bertz CT molecular complexity index is 554. The zero-order valence-corrected chi connectivity index (χ0v) is 12.8. The van der Waals surface area contributed by atoms with Crippen LogP contribution in [-0.2, 0) is 6.42 Å². The van der Waals surface area contributed by atoms with Gasteiger partial charge in [-0.3, -0.25) is 4.68 Å². The Labute approximate surface area is 121 Å². The third-order valence-electron chi connectivity index (χ3n) is 3.98. The summed E-state index contributed by atoms with van der Waals surface area (Å²) in [6, 6.07) is 8.52. The molecule has 20 heavy (non-hydrogen) atoms. The summed E-state index contributed by atoms with van der Waals surface area (Å²) in [4.78, 5) is 0. The highest BCUT2D eigenvalue weighted by Gasteiger charge is 2.15. The summed E-state index contributed by atoms with van der Waals surface area (Å²) in [5.74, 6) is 0. The molecule has 0 aliphatic carbocycles. The molecule has 2 unspecified atom stereocenters. The number of rotatable bonds is 5. The second-order valence-electron chi connectivity index (χ2n) is 5.57. The number of hydrogen-bond acceptors (Lipinski definition) is 2. The van der Waals surface area contributed by atoms with Gasteiger partial charge in [0.1, 0.15) is 0 Å². The summed E-state index contributed by atoms with van der Waals surface area (Å²) >= 11 is 0. The lowest BCUT2D eigenvalue weighted by Gasteiger charge is -2.15. The largest absolute Gasteiger partial charge is 0.388 e. The van der Waals surface area contributed by atoms with E-state index in [0.29, 0.717) is 12.5 Å². The molecule has 1 aromatic carbocycles. The molecule has 1 heterocycles. The van der Waals surface area contributed by atoms with Gasteiger partial charge < -0.3 is 5.11 Å². The molecule has 2 aromatic rings. The first-order valence-electron chi connectivity index (χ1n) is 7.31. The van der Waals surface area contributed by atoms with Gasteiger partial charge in [-0.25, -0.2) is 0 Å². The molecule has 0 saturated carbocycles. The maximum Gasteiger partial charge on any atom is 0.0851 e. The summed E-state index contributed by atoms with van der Waals surface area (Å²) in [7, 11) is 0. The van der Waals surface area contributed by atoms with Crippen LogP contribution in [0.15, 0.2) is 30.5 Å². The van der Waals surface area contributed by atoms with E-state index in [2.05, 4.69) is 18.9 Å². The lowest BCUT2D eigenvalue weighted by Crippen LogP contribution is -2.08. The molecule has 3 heteroatoms. The Morgan fingerprint density at radius 2 is 1.85 bits per heavy atom. The van der Waals surface area contributed by atoms with E-state index in [0.717, 1.165) is 28.8 Å². The molecule has 0 saturated heterocycles. The van der Waals surface area contributed by atoms with Crippen molar-refractivity contribution in [3.8, 4) is 0 Å². The molecule has 3 nitrogen and oxygen atoms in total. The average molecular weight is 272 g/mol. The molecule has 0 radical (unpaired) electrons. The fraction of sp³-hybridized carbons (Fsp3) is 0.471. The summed E-state index contributed by atoms with van der Waals surface area (Å²) < 4.78 is 1.98. The van der Waals surface area contributed by atoms with Crippen molar-refractivity contribution in [1.82, 2.24) is 9.78 Å². The maximum atomic E-state index is 10.5. The normalized spacial score (nSPS) is 14.2. The van der Waals surface area contributed by atoms with E-state index in [4.69, 9.17) is 0 Å². The summed E-state index contributed by atoms with van der Waals surface area (Å²) in [6.45, 7) is 8.39. The summed E-state index contributed by atoms with van der Waals surface area (Å²) in [5, 5.41) is 15.1. The predicted octanol–water partition coefficient (Wildman–Crippen LogP) is 3.75. The molecule has 0 bridgehead atoms. The van der Waals surface area contributed by atoms with Gasteiger partial charge in [-0.15, -0.1) is 0 Å². The molecular formula is C17H24N2O. The monoisotopic (exact) mass is 272 g/mol. The number of aryl methyl sites for hydroxylation is 2. The number of aliphatic hydroxyl groups excluding tert-OH is 1. The number of nitrogens with zero attached hydrogens (tertiary/aromatic N) is 2. The van der Waals surface area contributed by atoms with Gasteiger partial charge in [-0.1, -0.05) is 25.1 Å². The van der Waals surface area contributed by atoms with Gasteiger partial charge in [-0.05, 0) is 49.9 Å². The molecule has 1 N–H and O–H groups in total. The fourth-order valence-corrected chi connectivity index (χ4v) is 2.57. The van der Waals surface area contributed by atoms with Crippen molar-refractivity contribution in [2.45, 2.75) is 52.7 Å². The Balaban J connectivity index is 2.15. The van der Waals surface area contributed by atoms with E-state index in [-0.39, 0.29) is 0 Å². The second-order valence-corrected chi connectivity index (χ2v) is 5.57. The van der Waals surface area contributed by atoms with Crippen molar-refractivity contribution in [2.75, 3.05) is 0 Å². The zero-order chi connectivity index (χ0) is 14.7. The van der Waals surface area contributed by atoms with Crippen LogP contribution in [0.3, 0.4) is 0 Å². The van der Waals surface area contributed by atoms with E-state index >= 15 is 0 Å². The molecule has 2 rings (SSSR count). The van der Waals surface area contributed by atoms with Crippen LogP contribution in [0.5, 0.6) is 0 Å². The second kappa shape index (κ2) is 6.23. The first kappa shape index (κ1) is 14.8. The summed E-state index contributed by atoms with van der Waals surface area (Å²) in [5.41, 5.74) is 4.25. The predicted molar refractivity (Wildman–Crippen MR) is 81.8 cm³/mol. The highest BCUT2D eigenvalue weighted by molar-refractivity contribution is 5.35. The Hall–Kier alpha value is -1.61. The van der Waals surface area contributed by atoms with Crippen molar-refractivity contribution in [2.24, 2.45) is 0 Å². The van der Waals surface area contributed by atoms with Crippen molar-refractivity contribution >= 4 is 0 Å². The molecule has 0 aliphatic rings. The van der Waals surface area contributed by atoms with Gasteiger partial charge in [0.15, 0.2) is 0 Å². The Morgan fingerprint density at radius 1 is 1.20 bits per heavy atom. The van der Waals surface area contributed by atoms with Crippen LogP contribution in [0.25, 0.3) is 0 Å². The van der Waals surface area contributed by atoms with Gasteiger partial charge in [0.25, 0.3) is 0 Å². The van der Waals surface area contributed by atoms with Crippen LogP contribution in [0, 0.1) is 13.8 Å². The Kier molecular flexibility index (Phi) is 4.61. The van der Waals surface area contributed by atoms with Gasteiger partial charge in [-0.2, -0.15) is 5.10 Å². The van der Waals surface area contributed by atoms with Crippen molar-refractivity contribution < 1.29 is 5.11 Å². The lowest BCUT2D eigenvalue weighted by atomic mass is 9.95. The summed E-state index contributed by atoms with van der Waals surface area (Å²) in [6.07, 6.45) is 3.13. The standard InChI is InChI=1S/C17H24N2O/c1-5-14(4)19-10-9-15(18-19)11-16(20)17-12(2)7-6-8-13(17)3/h6-10,14,16,20H,5,11H2,1-4H3. The number of hydrogen-bond donors (Lipinski definition) is 1. The third-order valence-corrected chi connectivity index (χ3v) is 3.98. The van der Waals surface area contributed by atoms with Crippen molar-refractivity contribution in [3.05, 3.63) is 52.8 Å².